The molecule has 2 heterocycles. The molecule has 2 aliphatic rings. The Kier molecular flexibility index (Phi) is 3.42. The van der Waals surface area contributed by atoms with Gasteiger partial charge in [0.2, 0.25) is 0 Å². The molecule has 0 aromatic rings. The molecule has 6 heteroatoms. The third kappa shape index (κ3) is 2.27. The molecule has 0 spiro atoms. The van der Waals surface area contributed by atoms with Crippen LogP contribution in [0.25, 0.3) is 0 Å². The molecule has 0 bridgehead atoms. The number of ether oxygens (including phenoxy) is 4. The maximum Gasteiger partial charge on any atom is 0.308 e. The van der Waals surface area contributed by atoms with Gasteiger partial charge in [0.05, 0.1) is 25.7 Å². The highest BCUT2D eigenvalue weighted by Gasteiger charge is 2.68. The summed E-state index contributed by atoms with van der Waals surface area (Å²) in [5.74, 6) is -1.15. The lowest BCUT2D eigenvalue weighted by Gasteiger charge is -2.59. The van der Waals surface area contributed by atoms with Crippen LogP contribution >= 0.6 is 0 Å². The van der Waals surface area contributed by atoms with Gasteiger partial charge < -0.3 is 24.1 Å². The molecule has 0 aliphatic carbocycles. The van der Waals surface area contributed by atoms with Gasteiger partial charge in [0.15, 0.2) is 5.79 Å². The second-order valence-electron chi connectivity index (χ2n) is 6.04. The Morgan fingerprint density at radius 3 is 2.37 bits per heavy atom. The molecule has 1 unspecified atom stereocenters. The summed E-state index contributed by atoms with van der Waals surface area (Å²) in [6, 6.07) is 0. The second-order valence-corrected chi connectivity index (χ2v) is 6.04. The Balaban J connectivity index is 2.15. The second kappa shape index (κ2) is 4.41. The van der Waals surface area contributed by atoms with Crippen molar-refractivity contribution in [2.75, 3.05) is 13.7 Å². The summed E-state index contributed by atoms with van der Waals surface area (Å²) in [6.45, 7) is 7.40. The summed E-state index contributed by atoms with van der Waals surface area (Å²) < 4.78 is 21.5. The fraction of sp³-hybridized carbons (Fsp3) is 0.923. The van der Waals surface area contributed by atoms with E-state index in [2.05, 4.69) is 4.74 Å². The van der Waals surface area contributed by atoms with Gasteiger partial charge in [-0.05, 0) is 27.7 Å². The molecule has 0 aromatic carbocycles. The Morgan fingerprint density at radius 1 is 1.32 bits per heavy atom. The normalized spacial score (nSPS) is 39.7. The number of hydrogen-bond donors (Lipinski definition) is 1. The van der Waals surface area contributed by atoms with E-state index in [1.807, 2.05) is 0 Å². The molecule has 110 valence electrons. The Bertz CT molecular complexity index is 377. The first kappa shape index (κ1) is 14.7. The van der Waals surface area contributed by atoms with Gasteiger partial charge in [-0.15, -0.1) is 0 Å². The molecule has 0 radical (unpaired) electrons. The Labute approximate surface area is 113 Å². The van der Waals surface area contributed by atoms with Crippen LogP contribution in [0.2, 0.25) is 0 Å². The van der Waals surface area contributed by atoms with E-state index in [0.717, 1.165) is 0 Å². The zero-order valence-corrected chi connectivity index (χ0v) is 12.1. The first-order chi connectivity index (χ1) is 8.62. The maximum absolute atomic E-state index is 11.4. The van der Waals surface area contributed by atoms with Crippen LogP contribution in [0.1, 0.15) is 34.1 Å². The smallest absolute Gasteiger partial charge is 0.308 e. The molecule has 1 N–H and O–H groups in total. The number of hydrogen-bond acceptors (Lipinski definition) is 6. The van der Waals surface area contributed by atoms with Crippen LogP contribution in [0.15, 0.2) is 0 Å². The predicted molar refractivity (Wildman–Crippen MR) is 65.4 cm³/mol. The Morgan fingerprint density at radius 2 is 1.95 bits per heavy atom. The van der Waals surface area contributed by atoms with Gasteiger partial charge >= 0.3 is 5.97 Å². The average Bonchev–Trinajstić information content (AvgIpc) is 2.67. The molecular formula is C13H22O6. The first-order valence-corrected chi connectivity index (χ1v) is 6.41. The molecular weight excluding hydrogens is 252 g/mol. The maximum atomic E-state index is 11.4. The van der Waals surface area contributed by atoms with Gasteiger partial charge in [-0.25, -0.2) is 0 Å². The standard InChI is InChI=1S/C13H22O6/c1-11(2)13(15,8(18-11)6-10(14)16-5)9-7-17-12(3,4)19-9/h8-9,15H,6-7H2,1-5H3/t8-,9-,13?/m1/s1. The molecule has 6 nitrogen and oxygen atoms in total. The third-order valence-electron chi connectivity index (χ3n) is 3.97. The van der Waals surface area contributed by atoms with Gasteiger partial charge in [0, 0.05) is 0 Å². The zero-order valence-electron chi connectivity index (χ0n) is 12.1. The van der Waals surface area contributed by atoms with E-state index in [0.29, 0.717) is 0 Å². The number of aliphatic hydroxyl groups is 1. The largest absolute Gasteiger partial charge is 0.469 e. The van der Waals surface area contributed by atoms with Crippen LogP contribution in [0.4, 0.5) is 0 Å². The number of carbonyl (C=O) groups excluding carboxylic acids is 1. The summed E-state index contributed by atoms with van der Waals surface area (Å²) in [6.07, 6.45) is -1.17. The van der Waals surface area contributed by atoms with E-state index in [9.17, 15) is 9.90 Å². The van der Waals surface area contributed by atoms with Gasteiger partial charge in [-0.3, -0.25) is 4.79 Å². The molecule has 19 heavy (non-hydrogen) atoms. The summed E-state index contributed by atoms with van der Waals surface area (Å²) in [7, 11) is 1.31. The molecule has 2 aliphatic heterocycles. The minimum absolute atomic E-state index is 0.00326. The summed E-state index contributed by atoms with van der Waals surface area (Å²) in [5.41, 5.74) is -2.06. The van der Waals surface area contributed by atoms with Crippen LogP contribution in [0, 0.1) is 0 Å². The van der Waals surface area contributed by atoms with Crippen molar-refractivity contribution in [3.05, 3.63) is 0 Å². The summed E-state index contributed by atoms with van der Waals surface area (Å²) in [4.78, 5) is 11.4. The topological polar surface area (TPSA) is 74.2 Å². The van der Waals surface area contributed by atoms with Crippen molar-refractivity contribution in [1.29, 1.82) is 0 Å². The van der Waals surface area contributed by atoms with Crippen LogP contribution in [0.3, 0.4) is 0 Å². The van der Waals surface area contributed by atoms with Crippen molar-refractivity contribution in [1.82, 2.24) is 0 Å². The number of carbonyl (C=O) groups is 1. The van der Waals surface area contributed by atoms with E-state index >= 15 is 0 Å². The van der Waals surface area contributed by atoms with Crippen molar-refractivity contribution in [2.45, 2.75) is 63.3 Å². The molecule has 2 rings (SSSR count). The highest BCUT2D eigenvalue weighted by molar-refractivity contribution is 5.70. The highest BCUT2D eigenvalue weighted by Crippen LogP contribution is 2.49. The van der Waals surface area contributed by atoms with E-state index in [1.165, 1.54) is 7.11 Å². The van der Waals surface area contributed by atoms with E-state index < -0.39 is 35.2 Å². The molecule has 2 fully saturated rings. The van der Waals surface area contributed by atoms with Gasteiger partial charge in [0.1, 0.15) is 17.8 Å². The molecule has 0 amide bonds. The molecule has 3 atom stereocenters. The van der Waals surface area contributed by atoms with E-state index in [1.54, 1.807) is 27.7 Å². The number of rotatable bonds is 3. The summed E-state index contributed by atoms with van der Waals surface area (Å²) in [5, 5.41) is 10.9. The average molecular weight is 274 g/mol. The lowest BCUT2D eigenvalue weighted by Crippen LogP contribution is -2.77. The lowest BCUT2D eigenvalue weighted by molar-refractivity contribution is -0.368. The minimum Gasteiger partial charge on any atom is -0.469 e. The first-order valence-electron chi connectivity index (χ1n) is 6.41. The van der Waals surface area contributed by atoms with Gasteiger partial charge in [-0.2, -0.15) is 0 Å². The van der Waals surface area contributed by atoms with Crippen LogP contribution in [-0.4, -0.2) is 54.0 Å². The van der Waals surface area contributed by atoms with Crippen molar-refractivity contribution < 1.29 is 28.8 Å². The van der Waals surface area contributed by atoms with Crippen LogP contribution < -0.4 is 0 Å². The fourth-order valence-corrected chi connectivity index (χ4v) is 2.80. The molecule has 0 saturated carbocycles. The van der Waals surface area contributed by atoms with Crippen molar-refractivity contribution in [3.8, 4) is 0 Å². The van der Waals surface area contributed by atoms with Crippen LogP contribution in [-0.2, 0) is 23.7 Å². The third-order valence-corrected chi connectivity index (χ3v) is 3.97. The predicted octanol–water partition coefficient (Wildman–Crippen LogP) is 0.609. The fourth-order valence-electron chi connectivity index (χ4n) is 2.80. The number of esters is 1. The summed E-state index contributed by atoms with van der Waals surface area (Å²) >= 11 is 0. The van der Waals surface area contributed by atoms with Crippen LogP contribution in [0.5, 0.6) is 0 Å². The van der Waals surface area contributed by atoms with Gasteiger partial charge in [-0.1, -0.05) is 0 Å². The molecule has 0 aromatic heterocycles. The van der Waals surface area contributed by atoms with Crippen molar-refractivity contribution in [2.24, 2.45) is 0 Å². The van der Waals surface area contributed by atoms with E-state index in [-0.39, 0.29) is 13.0 Å². The molecule has 2 saturated heterocycles. The zero-order chi connectivity index (χ0) is 14.5. The number of methoxy groups -OCH3 is 1. The quantitative estimate of drug-likeness (QED) is 0.760. The highest BCUT2D eigenvalue weighted by atomic mass is 16.8. The lowest BCUT2D eigenvalue weighted by atomic mass is 9.70. The Hall–Kier alpha value is -0.690. The minimum atomic E-state index is -1.27. The van der Waals surface area contributed by atoms with Crippen molar-refractivity contribution in [3.63, 3.8) is 0 Å². The van der Waals surface area contributed by atoms with Crippen molar-refractivity contribution >= 4 is 5.97 Å². The SMILES string of the molecule is COC(=O)C[C@H]1OC(C)(C)C1(O)[C@H]1COC(C)(C)O1. The van der Waals surface area contributed by atoms with E-state index in [4.69, 9.17) is 14.2 Å². The van der Waals surface area contributed by atoms with Gasteiger partial charge in [0.25, 0.3) is 0 Å². The monoisotopic (exact) mass is 274 g/mol.